The van der Waals surface area contributed by atoms with Crippen LogP contribution in [0.5, 0.6) is 0 Å². The highest BCUT2D eigenvalue weighted by Gasteiger charge is 2.35. The van der Waals surface area contributed by atoms with E-state index < -0.39 is 11.7 Å². The second-order valence-corrected chi connectivity index (χ2v) is 5.43. The smallest absolute Gasteiger partial charge is 0.368 e. The first-order chi connectivity index (χ1) is 9.62. The van der Waals surface area contributed by atoms with Crippen LogP contribution in [0.3, 0.4) is 0 Å². The minimum atomic E-state index is -4.50. The molecule has 0 unspecified atom stereocenters. The van der Waals surface area contributed by atoms with E-state index in [1.807, 2.05) is 0 Å². The Hall–Kier alpha value is -1.41. The molecule has 1 rings (SSSR count). The van der Waals surface area contributed by atoms with Crippen molar-refractivity contribution in [1.29, 1.82) is 0 Å². The lowest BCUT2D eigenvalue weighted by Gasteiger charge is -2.25. The maximum Gasteiger partial charge on any atom is 0.415 e. The van der Waals surface area contributed by atoms with E-state index in [-0.39, 0.29) is 15.9 Å². The van der Waals surface area contributed by atoms with Gasteiger partial charge in [0.25, 0.3) is 0 Å². The molecule has 0 aromatic rings. The summed E-state index contributed by atoms with van der Waals surface area (Å²) in [6.07, 6.45) is -0.175. The fourth-order valence-corrected chi connectivity index (χ4v) is 2.12. The molecule has 4 nitrogen and oxygen atoms in total. The lowest BCUT2D eigenvalue weighted by Crippen LogP contribution is -2.22. The predicted molar refractivity (Wildman–Crippen MR) is 81.9 cm³/mol. The van der Waals surface area contributed by atoms with Gasteiger partial charge < -0.3 is 4.90 Å². The molecule has 0 saturated carbocycles. The van der Waals surface area contributed by atoms with Crippen LogP contribution < -0.4 is 0 Å². The van der Waals surface area contributed by atoms with Crippen molar-refractivity contribution in [2.45, 2.75) is 13.1 Å². The number of hydrazone groups is 1. The van der Waals surface area contributed by atoms with Gasteiger partial charge in [0.05, 0.1) is 17.6 Å². The van der Waals surface area contributed by atoms with Gasteiger partial charge in [-0.15, -0.1) is 0 Å². The van der Waals surface area contributed by atoms with Crippen LogP contribution in [0.1, 0.15) is 6.92 Å². The van der Waals surface area contributed by atoms with Crippen molar-refractivity contribution in [3.05, 3.63) is 35.0 Å². The summed E-state index contributed by atoms with van der Waals surface area (Å²) in [6, 6.07) is 0. The van der Waals surface area contributed by atoms with E-state index in [1.54, 1.807) is 19.0 Å². The lowest BCUT2D eigenvalue weighted by atomic mass is 10.3. The zero-order chi connectivity index (χ0) is 16.2. The normalized spacial score (nSPS) is 17.2. The Balaban J connectivity index is 3.20. The number of halogens is 4. The first-order valence-electron chi connectivity index (χ1n) is 5.69. The third-order valence-corrected chi connectivity index (χ3v) is 3.29. The van der Waals surface area contributed by atoms with E-state index in [2.05, 4.69) is 16.1 Å². The molecule has 1 aliphatic heterocycles. The lowest BCUT2D eigenvalue weighted by molar-refractivity contribution is -0.0925. The van der Waals surface area contributed by atoms with Gasteiger partial charge in [0, 0.05) is 26.0 Å². The number of rotatable bonds is 4. The van der Waals surface area contributed by atoms with Gasteiger partial charge in [-0.05, 0) is 19.1 Å². The van der Waals surface area contributed by atoms with E-state index >= 15 is 0 Å². The second-order valence-electron chi connectivity index (χ2n) is 4.26. The highest BCUT2D eigenvalue weighted by Crippen LogP contribution is 2.37. The second kappa shape index (κ2) is 7.04. The third-order valence-electron chi connectivity index (χ3n) is 2.24. The van der Waals surface area contributed by atoms with Crippen molar-refractivity contribution in [2.24, 2.45) is 9.50 Å². The summed E-state index contributed by atoms with van der Waals surface area (Å²) in [5, 5.41) is 4.75. The quantitative estimate of drug-likeness (QED) is 0.442. The number of hydrogen-bond acceptors (Lipinski definition) is 4. The van der Waals surface area contributed by atoms with Gasteiger partial charge in [0.15, 0.2) is 0 Å². The van der Waals surface area contributed by atoms with E-state index in [4.69, 9.17) is 11.6 Å². The Morgan fingerprint density at radius 2 is 2.10 bits per heavy atom. The number of allylic oxidation sites excluding steroid dienone is 3. The van der Waals surface area contributed by atoms with Crippen LogP contribution in [0.4, 0.5) is 13.2 Å². The molecule has 0 bridgehead atoms. The van der Waals surface area contributed by atoms with Crippen LogP contribution in [-0.2, 0) is 0 Å². The average Bonchev–Trinajstić information content (AvgIpc) is 2.36. The summed E-state index contributed by atoms with van der Waals surface area (Å²) in [6.45, 7) is 4.62. The summed E-state index contributed by atoms with van der Waals surface area (Å²) < 4.78 is 42.8. The first kappa shape index (κ1) is 17.6. The number of alkyl halides is 3. The average molecular weight is 339 g/mol. The zero-order valence-electron chi connectivity index (χ0n) is 11.6. The van der Waals surface area contributed by atoms with Crippen molar-refractivity contribution in [1.82, 2.24) is 9.91 Å². The molecule has 0 aromatic carbocycles. The van der Waals surface area contributed by atoms with Crippen LogP contribution in [0.15, 0.2) is 44.5 Å². The third kappa shape index (κ3) is 5.13. The van der Waals surface area contributed by atoms with Crippen LogP contribution in [0, 0.1) is 0 Å². The topological polar surface area (TPSA) is 31.2 Å². The highest BCUT2D eigenvalue weighted by molar-refractivity contribution is 8.01. The van der Waals surface area contributed by atoms with Gasteiger partial charge in [-0.25, -0.2) is 9.41 Å². The largest absolute Gasteiger partial charge is 0.415 e. The van der Waals surface area contributed by atoms with Crippen LogP contribution in [0.25, 0.3) is 0 Å². The standard InChI is InChI=1S/C12H14ClF3N4S/c1-8-5-6-10(13)18-20(8)11(9(2)12(14,15)16)21-17-7-19(3)4/h5-7H,1H2,2-4H3/b11-9-,17-7+. The number of hydrogen-bond donors (Lipinski definition) is 0. The van der Waals surface area contributed by atoms with Crippen molar-refractivity contribution in [2.75, 3.05) is 14.1 Å². The molecule has 0 radical (unpaired) electrons. The van der Waals surface area contributed by atoms with Gasteiger partial charge in [-0.1, -0.05) is 18.2 Å². The monoisotopic (exact) mass is 338 g/mol. The maximum absolute atomic E-state index is 13.0. The van der Waals surface area contributed by atoms with Gasteiger partial charge in [0.2, 0.25) is 0 Å². The molecule has 1 heterocycles. The SMILES string of the molecule is C=C1C=CC(Cl)=NN1/C(S/N=C/N(C)C)=C(\C)C(F)(F)F. The summed E-state index contributed by atoms with van der Waals surface area (Å²) in [7, 11) is 3.42. The van der Waals surface area contributed by atoms with Gasteiger partial charge in [0.1, 0.15) is 10.2 Å². The molecule has 0 atom stereocenters. The Morgan fingerprint density at radius 3 is 2.62 bits per heavy atom. The molecule has 0 aliphatic carbocycles. The summed E-state index contributed by atoms with van der Waals surface area (Å²) in [4.78, 5) is 1.61. The highest BCUT2D eigenvalue weighted by atomic mass is 35.5. The minimum absolute atomic E-state index is 0.0621. The molecular formula is C12H14ClF3N4S. The fourth-order valence-electron chi connectivity index (χ4n) is 1.16. The van der Waals surface area contributed by atoms with Gasteiger partial charge in [-0.3, -0.25) is 0 Å². The molecule has 0 fully saturated rings. The predicted octanol–water partition coefficient (Wildman–Crippen LogP) is 3.96. The van der Waals surface area contributed by atoms with E-state index in [1.165, 1.54) is 18.5 Å². The van der Waals surface area contributed by atoms with Crippen LogP contribution in [-0.4, -0.2) is 41.7 Å². The molecule has 116 valence electrons. The molecular weight excluding hydrogens is 325 g/mol. The van der Waals surface area contributed by atoms with Crippen molar-refractivity contribution in [3.63, 3.8) is 0 Å². The van der Waals surface area contributed by atoms with Crippen molar-refractivity contribution >= 4 is 35.1 Å². The molecule has 0 N–H and O–H groups in total. The molecule has 0 spiro atoms. The first-order valence-corrected chi connectivity index (χ1v) is 6.84. The maximum atomic E-state index is 13.0. The molecule has 9 heteroatoms. The molecule has 0 amide bonds. The molecule has 0 saturated heterocycles. The van der Waals surface area contributed by atoms with Crippen LogP contribution >= 0.6 is 23.5 Å². The van der Waals surface area contributed by atoms with E-state index in [0.717, 1.165) is 11.9 Å². The Labute approximate surface area is 130 Å². The fraction of sp³-hybridized carbons (Fsp3) is 0.333. The Morgan fingerprint density at radius 1 is 1.48 bits per heavy atom. The summed E-state index contributed by atoms with van der Waals surface area (Å²) in [5.74, 6) is 0. The minimum Gasteiger partial charge on any atom is -0.368 e. The molecule has 0 aromatic heterocycles. The summed E-state index contributed by atoms with van der Waals surface area (Å²) in [5.41, 5.74) is -0.557. The van der Waals surface area contributed by atoms with Crippen molar-refractivity contribution < 1.29 is 13.2 Å². The summed E-state index contributed by atoms with van der Waals surface area (Å²) >= 11 is 6.39. The molecule has 1 aliphatic rings. The van der Waals surface area contributed by atoms with Crippen LogP contribution in [0.2, 0.25) is 0 Å². The van der Waals surface area contributed by atoms with Gasteiger partial charge in [-0.2, -0.15) is 18.3 Å². The Kier molecular flexibility index (Phi) is 5.91. The van der Waals surface area contributed by atoms with E-state index in [0.29, 0.717) is 11.9 Å². The zero-order valence-corrected chi connectivity index (χ0v) is 13.2. The van der Waals surface area contributed by atoms with Gasteiger partial charge >= 0.3 is 6.18 Å². The number of nitrogens with zero attached hydrogens (tertiary/aromatic N) is 4. The van der Waals surface area contributed by atoms with Crippen molar-refractivity contribution in [3.8, 4) is 0 Å². The van der Waals surface area contributed by atoms with E-state index in [9.17, 15) is 13.2 Å². The molecule has 21 heavy (non-hydrogen) atoms. The Bertz CT molecular complexity index is 535.